The van der Waals surface area contributed by atoms with Gasteiger partial charge in [-0.05, 0) is 30.0 Å². The van der Waals surface area contributed by atoms with E-state index in [0.29, 0.717) is 5.92 Å². The SMILES string of the molecule is CC(C)c1cc2c([nH]1)C=CCC=C2. The van der Waals surface area contributed by atoms with E-state index in [1.807, 2.05) is 0 Å². The lowest BCUT2D eigenvalue weighted by Crippen LogP contribution is -1.85. The molecule has 0 saturated carbocycles. The standard InChI is InChI=1S/C12H15N/c1-9(2)12-8-10-6-4-3-5-7-11(10)13-12/h4-9,13H,3H2,1-2H3. The maximum Gasteiger partial charge on any atom is 0.0452 e. The molecule has 1 aliphatic rings. The second kappa shape index (κ2) is 3.25. The Bertz CT molecular complexity index is 324. The lowest BCUT2D eigenvalue weighted by Gasteiger charge is -1.98. The van der Waals surface area contributed by atoms with Gasteiger partial charge < -0.3 is 4.98 Å². The predicted octanol–water partition coefficient (Wildman–Crippen LogP) is 3.57. The van der Waals surface area contributed by atoms with Gasteiger partial charge in [-0.15, -0.1) is 0 Å². The van der Waals surface area contributed by atoms with Crippen molar-refractivity contribution < 1.29 is 0 Å². The van der Waals surface area contributed by atoms with E-state index in [0.717, 1.165) is 6.42 Å². The highest BCUT2D eigenvalue weighted by atomic mass is 14.7. The molecule has 1 N–H and O–H groups in total. The van der Waals surface area contributed by atoms with Crippen LogP contribution in [0.2, 0.25) is 0 Å². The number of aromatic amines is 1. The minimum absolute atomic E-state index is 0.578. The van der Waals surface area contributed by atoms with Crippen LogP contribution >= 0.6 is 0 Å². The zero-order valence-corrected chi connectivity index (χ0v) is 8.17. The van der Waals surface area contributed by atoms with E-state index in [2.05, 4.69) is 49.2 Å². The van der Waals surface area contributed by atoms with E-state index in [1.54, 1.807) is 0 Å². The van der Waals surface area contributed by atoms with Crippen molar-refractivity contribution in [2.45, 2.75) is 26.2 Å². The fourth-order valence-corrected chi connectivity index (χ4v) is 1.56. The quantitative estimate of drug-likeness (QED) is 0.668. The van der Waals surface area contributed by atoms with Crippen molar-refractivity contribution in [1.82, 2.24) is 4.98 Å². The third kappa shape index (κ3) is 1.59. The Morgan fingerprint density at radius 3 is 2.77 bits per heavy atom. The summed E-state index contributed by atoms with van der Waals surface area (Å²) in [5, 5.41) is 0. The van der Waals surface area contributed by atoms with E-state index in [9.17, 15) is 0 Å². The molecule has 2 rings (SSSR count). The summed E-state index contributed by atoms with van der Waals surface area (Å²) in [6.07, 6.45) is 9.78. The lowest BCUT2D eigenvalue weighted by molar-refractivity contribution is 0.832. The normalized spacial score (nSPS) is 14.7. The Kier molecular flexibility index (Phi) is 2.09. The molecule has 68 valence electrons. The van der Waals surface area contributed by atoms with Crippen LogP contribution in [-0.2, 0) is 0 Å². The second-order valence-corrected chi connectivity index (χ2v) is 3.79. The summed E-state index contributed by atoms with van der Waals surface area (Å²) >= 11 is 0. The van der Waals surface area contributed by atoms with E-state index in [-0.39, 0.29) is 0 Å². The number of hydrogen-bond acceptors (Lipinski definition) is 0. The first-order valence-electron chi connectivity index (χ1n) is 4.83. The van der Waals surface area contributed by atoms with Crippen LogP contribution in [0.15, 0.2) is 18.2 Å². The number of aromatic nitrogens is 1. The Morgan fingerprint density at radius 2 is 2.00 bits per heavy atom. The van der Waals surface area contributed by atoms with Gasteiger partial charge in [0.15, 0.2) is 0 Å². The maximum absolute atomic E-state index is 3.44. The van der Waals surface area contributed by atoms with Gasteiger partial charge >= 0.3 is 0 Å². The highest BCUT2D eigenvalue weighted by Gasteiger charge is 2.06. The maximum atomic E-state index is 3.44. The topological polar surface area (TPSA) is 15.8 Å². The van der Waals surface area contributed by atoms with E-state index < -0.39 is 0 Å². The summed E-state index contributed by atoms with van der Waals surface area (Å²) in [6.45, 7) is 4.41. The van der Waals surface area contributed by atoms with Gasteiger partial charge in [0.1, 0.15) is 0 Å². The van der Waals surface area contributed by atoms with Crippen LogP contribution in [0.3, 0.4) is 0 Å². The summed E-state index contributed by atoms with van der Waals surface area (Å²) in [5.74, 6) is 0.578. The molecule has 1 aromatic heterocycles. The molecular formula is C12H15N. The molecule has 0 aromatic carbocycles. The molecule has 0 unspecified atom stereocenters. The van der Waals surface area contributed by atoms with Crippen LogP contribution in [0.25, 0.3) is 12.2 Å². The van der Waals surface area contributed by atoms with Crippen molar-refractivity contribution in [3.63, 3.8) is 0 Å². The van der Waals surface area contributed by atoms with Gasteiger partial charge in [0.25, 0.3) is 0 Å². The molecule has 0 saturated heterocycles. The Balaban J connectivity index is 2.44. The van der Waals surface area contributed by atoms with Crippen LogP contribution in [0.4, 0.5) is 0 Å². The van der Waals surface area contributed by atoms with Crippen LogP contribution in [-0.4, -0.2) is 4.98 Å². The number of fused-ring (bicyclic) bond motifs is 1. The molecule has 0 spiro atoms. The van der Waals surface area contributed by atoms with Crippen LogP contribution in [0, 0.1) is 0 Å². The average molecular weight is 173 g/mol. The van der Waals surface area contributed by atoms with Crippen molar-refractivity contribution in [3.05, 3.63) is 35.2 Å². The number of allylic oxidation sites excluding steroid dienone is 2. The minimum atomic E-state index is 0.578. The van der Waals surface area contributed by atoms with Crippen molar-refractivity contribution in [2.24, 2.45) is 0 Å². The summed E-state index contributed by atoms with van der Waals surface area (Å²) < 4.78 is 0. The number of hydrogen-bond donors (Lipinski definition) is 1. The van der Waals surface area contributed by atoms with E-state index in [4.69, 9.17) is 0 Å². The molecule has 0 atom stereocenters. The number of H-pyrrole nitrogens is 1. The van der Waals surface area contributed by atoms with Gasteiger partial charge in [0.2, 0.25) is 0 Å². The van der Waals surface area contributed by atoms with Crippen molar-refractivity contribution in [3.8, 4) is 0 Å². The van der Waals surface area contributed by atoms with E-state index >= 15 is 0 Å². The highest BCUT2D eigenvalue weighted by Crippen LogP contribution is 2.22. The zero-order chi connectivity index (χ0) is 9.26. The van der Waals surface area contributed by atoms with Crippen LogP contribution < -0.4 is 0 Å². The largest absolute Gasteiger partial charge is 0.358 e. The van der Waals surface area contributed by atoms with Crippen LogP contribution in [0.5, 0.6) is 0 Å². The van der Waals surface area contributed by atoms with Crippen molar-refractivity contribution in [2.75, 3.05) is 0 Å². The summed E-state index contributed by atoms with van der Waals surface area (Å²) in [4.78, 5) is 3.44. The van der Waals surface area contributed by atoms with Gasteiger partial charge in [0.05, 0.1) is 0 Å². The third-order valence-corrected chi connectivity index (χ3v) is 2.38. The van der Waals surface area contributed by atoms with Gasteiger partial charge in [-0.3, -0.25) is 0 Å². The first kappa shape index (κ1) is 8.36. The second-order valence-electron chi connectivity index (χ2n) is 3.79. The summed E-state index contributed by atoms with van der Waals surface area (Å²) in [7, 11) is 0. The van der Waals surface area contributed by atoms with Gasteiger partial charge in [-0.2, -0.15) is 0 Å². The highest BCUT2D eigenvalue weighted by molar-refractivity contribution is 5.66. The zero-order valence-electron chi connectivity index (χ0n) is 8.17. The molecule has 1 aliphatic carbocycles. The molecule has 1 heteroatoms. The molecule has 0 radical (unpaired) electrons. The van der Waals surface area contributed by atoms with E-state index in [1.165, 1.54) is 17.0 Å². The molecule has 0 fully saturated rings. The molecule has 0 bridgehead atoms. The first-order valence-corrected chi connectivity index (χ1v) is 4.83. The lowest BCUT2D eigenvalue weighted by atomic mass is 10.1. The molecule has 1 heterocycles. The van der Waals surface area contributed by atoms with Gasteiger partial charge in [0, 0.05) is 11.4 Å². The first-order chi connectivity index (χ1) is 6.27. The van der Waals surface area contributed by atoms with Crippen molar-refractivity contribution >= 4 is 12.2 Å². The fraction of sp³-hybridized carbons (Fsp3) is 0.333. The van der Waals surface area contributed by atoms with Gasteiger partial charge in [-0.1, -0.05) is 32.1 Å². The smallest absolute Gasteiger partial charge is 0.0452 e. The number of rotatable bonds is 1. The molecule has 1 nitrogen and oxygen atoms in total. The average Bonchev–Trinajstić information content (AvgIpc) is 2.38. The molecule has 0 amide bonds. The summed E-state index contributed by atoms with van der Waals surface area (Å²) in [5.41, 5.74) is 3.89. The fourth-order valence-electron chi connectivity index (χ4n) is 1.56. The molecular weight excluding hydrogens is 158 g/mol. The Morgan fingerprint density at radius 1 is 1.23 bits per heavy atom. The minimum Gasteiger partial charge on any atom is -0.358 e. The predicted molar refractivity (Wildman–Crippen MR) is 57.6 cm³/mol. The van der Waals surface area contributed by atoms with Gasteiger partial charge in [-0.25, -0.2) is 0 Å². The molecule has 1 aromatic rings. The van der Waals surface area contributed by atoms with Crippen LogP contribution in [0.1, 0.15) is 43.1 Å². The summed E-state index contributed by atoms with van der Waals surface area (Å²) in [6, 6.07) is 2.24. The molecule has 13 heavy (non-hydrogen) atoms. The monoisotopic (exact) mass is 173 g/mol. The molecule has 0 aliphatic heterocycles. The Labute approximate surface area is 79.2 Å². The van der Waals surface area contributed by atoms with Crippen molar-refractivity contribution in [1.29, 1.82) is 0 Å². The number of nitrogens with one attached hydrogen (secondary N) is 1. The Hall–Kier alpha value is -1.24. The third-order valence-electron chi connectivity index (χ3n) is 2.38.